The van der Waals surface area contributed by atoms with E-state index < -0.39 is 12.0 Å². The highest BCUT2D eigenvalue weighted by Crippen LogP contribution is 2.40. The minimum atomic E-state index is -0.570. The van der Waals surface area contributed by atoms with Crippen molar-refractivity contribution in [2.75, 3.05) is 18.2 Å². The van der Waals surface area contributed by atoms with Crippen LogP contribution in [0.3, 0.4) is 0 Å². The number of nitrogens with one attached hydrogen (secondary N) is 1. The number of anilines is 1. The van der Waals surface area contributed by atoms with Crippen molar-refractivity contribution in [1.82, 2.24) is 14.8 Å². The molecule has 1 aromatic heterocycles. The van der Waals surface area contributed by atoms with E-state index in [0.29, 0.717) is 43.9 Å². The van der Waals surface area contributed by atoms with Crippen LogP contribution in [-0.2, 0) is 16.1 Å². The number of halogens is 2. The minimum Gasteiger partial charge on any atom is -0.493 e. The molecule has 4 rings (SSSR count). The molecular weight excluding hydrogens is 535 g/mol. The van der Waals surface area contributed by atoms with Gasteiger partial charge in [-0.25, -0.2) is 9.48 Å². The number of ether oxygens (including phenoxy) is 3. The zero-order valence-electron chi connectivity index (χ0n) is 21.2. The van der Waals surface area contributed by atoms with Crippen LogP contribution in [0.2, 0.25) is 10.0 Å². The molecule has 196 valence electrons. The van der Waals surface area contributed by atoms with Gasteiger partial charge in [-0.2, -0.15) is 4.98 Å². The van der Waals surface area contributed by atoms with E-state index in [1.807, 2.05) is 52.0 Å². The topological polar surface area (TPSA) is 87.5 Å². The van der Waals surface area contributed by atoms with Crippen molar-refractivity contribution in [1.29, 1.82) is 0 Å². The Morgan fingerprint density at radius 2 is 1.95 bits per heavy atom. The molecule has 11 heteroatoms. The number of hydrogen-bond donors (Lipinski definition) is 1. The SMILES string of the molecule is CCSc1nc2n(n1)C(c1ccc(OCc3ccc(Cl)c(Cl)c3)c(OC)c1)C(C(=O)OC(C)C)=C(C)N2. The van der Waals surface area contributed by atoms with Crippen LogP contribution in [0.5, 0.6) is 11.5 Å². The summed E-state index contributed by atoms with van der Waals surface area (Å²) in [5.41, 5.74) is 2.74. The van der Waals surface area contributed by atoms with Gasteiger partial charge in [-0.05, 0) is 61.9 Å². The van der Waals surface area contributed by atoms with Gasteiger partial charge in [-0.15, -0.1) is 5.10 Å². The van der Waals surface area contributed by atoms with Crippen LogP contribution in [0.15, 0.2) is 52.8 Å². The van der Waals surface area contributed by atoms with Crippen LogP contribution in [0.4, 0.5) is 5.95 Å². The van der Waals surface area contributed by atoms with Crippen molar-refractivity contribution in [2.45, 2.75) is 51.6 Å². The van der Waals surface area contributed by atoms with Gasteiger partial charge < -0.3 is 19.5 Å². The summed E-state index contributed by atoms with van der Waals surface area (Å²) in [6.45, 7) is 7.78. The zero-order valence-corrected chi connectivity index (χ0v) is 23.5. The van der Waals surface area contributed by atoms with Crippen molar-refractivity contribution < 1.29 is 19.0 Å². The fourth-order valence-corrected chi connectivity index (χ4v) is 4.81. The molecule has 2 aromatic carbocycles. The van der Waals surface area contributed by atoms with E-state index in [0.717, 1.165) is 16.9 Å². The first kappa shape index (κ1) is 27.2. The average Bonchev–Trinajstić information content (AvgIpc) is 3.25. The van der Waals surface area contributed by atoms with Gasteiger partial charge in [-0.1, -0.05) is 54.0 Å². The number of aromatic nitrogens is 3. The molecule has 1 aliphatic heterocycles. The van der Waals surface area contributed by atoms with E-state index in [2.05, 4.69) is 15.4 Å². The third kappa shape index (κ3) is 6.00. The number of rotatable bonds is 9. The Labute approximate surface area is 230 Å². The van der Waals surface area contributed by atoms with Crippen molar-refractivity contribution >= 4 is 46.9 Å². The van der Waals surface area contributed by atoms with Crippen LogP contribution in [0.25, 0.3) is 0 Å². The summed E-state index contributed by atoms with van der Waals surface area (Å²) in [5.74, 6) is 2.00. The summed E-state index contributed by atoms with van der Waals surface area (Å²) in [6.07, 6.45) is -0.275. The Bertz CT molecular complexity index is 1340. The normalized spacial score (nSPS) is 14.9. The van der Waals surface area contributed by atoms with Crippen LogP contribution in [-0.4, -0.2) is 39.7 Å². The van der Waals surface area contributed by atoms with Crippen molar-refractivity contribution in [3.05, 3.63) is 68.8 Å². The molecule has 3 aromatic rings. The summed E-state index contributed by atoms with van der Waals surface area (Å²) in [7, 11) is 1.57. The predicted octanol–water partition coefficient (Wildman–Crippen LogP) is 6.53. The second-order valence-electron chi connectivity index (χ2n) is 8.56. The monoisotopic (exact) mass is 562 g/mol. The Balaban J connectivity index is 1.71. The predicted molar refractivity (Wildman–Crippen MR) is 146 cm³/mol. The highest BCUT2D eigenvalue weighted by atomic mass is 35.5. The van der Waals surface area contributed by atoms with Crippen LogP contribution >= 0.6 is 35.0 Å². The molecule has 0 saturated heterocycles. The molecule has 1 N–H and O–H groups in total. The first-order valence-corrected chi connectivity index (χ1v) is 13.5. The molecule has 1 unspecified atom stereocenters. The number of thioether (sulfide) groups is 1. The van der Waals surface area contributed by atoms with Gasteiger partial charge >= 0.3 is 5.97 Å². The molecule has 0 saturated carbocycles. The fourth-order valence-electron chi connectivity index (χ4n) is 3.94. The molecule has 0 aliphatic carbocycles. The second-order valence-corrected chi connectivity index (χ2v) is 10.6. The summed E-state index contributed by atoms with van der Waals surface area (Å²) < 4.78 is 19.0. The molecular formula is C26H28Cl2N4O4S. The number of methoxy groups -OCH3 is 1. The minimum absolute atomic E-state index is 0.274. The Morgan fingerprint density at radius 1 is 1.16 bits per heavy atom. The standard InChI is InChI=1S/C26H28Cl2N4O4S/c1-6-37-26-30-25-29-15(4)22(24(33)36-14(2)3)23(32(25)31-26)17-8-10-20(21(12-17)34-5)35-13-16-7-9-18(27)19(28)11-16/h7-12,14,23H,6,13H2,1-5H3,(H,29,30,31). The second kappa shape index (κ2) is 11.7. The highest BCUT2D eigenvalue weighted by Gasteiger charge is 2.36. The number of carbonyl (C=O) groups excluding carboxylic acids is 1. The number of esters is 1. The third-order valence-electron chi connectivity index (χ3n) is 5.55. The van der Waals surface area contributed by atoms with E-state index in [1.54, 1.807) is 23.9 Å². The van der Waals surface area contributed by atoms with Gasteiger partial charge in [-0.3, -0.25) is 0 Å². The average molecular weight is 564 g/mol. The summed E-state index contributed by atoms with van der Waals surface area (Å²) in [6, 6.07) is 10.3. The van der Waals surface area contributed by atoms with Gasteiger partial charge in [0.15, 0.2) is 11.5 Å². The maximum absolute atomic E-state index is 13.2. The third-order valence-corrected chi connectivity index (χ3v) is 7.01. The lowest BCUT2D eigenvalue weighted by Gasteiger charge is -2.29. The van der Waals surface area contributed by atoms with Crippen molar-refractivity contribution in [3.63, 3.8) is 0 Å². The molecule has 0 radical (unpaired) electrons. The molecule has 1 aliphatic rings. The molecule has 0 spiro atoms. The van der Waals surface area contributed by atoms with E-state index in [-0.39, 0.29) is 12.7 Å². The molecule has 0 fully saturated rings. The van der Waals surface area contributed by atoms with Gasteiger partial charge in [0.2, 0.25) is 11.1 Å². The molecule has 1 atom stereocenters. The number of allylic oxidation sites excluding steroid dienone is 1. The number of carbonyl (C=O) groups is 1. The van der Waals surface area contributed by atoms with Crippen molar-refractivity contribution in [2.24, 2.45) is 0 Å². The van der Waals surface area contributed by atoms with Crippen LogP contribution in [0.1, 0.15) is 44.9 Å². The lowest BCUT2D eigenvalue weighted by Crippen LogP contribution is -2.30. The summed E-state index contributed by atoms with van der Waals surface area (Å²) in [5, 5.41) is 9.46. The number of hydrogen-bond acceptors (Lipinski definition) is 8. The lowest BCUT2D eigenvalue weighted by atomic mass is 9.95. The van der Waals surface area contributed by atoms with E-state index >= 15 is 0 Å². The molecule has 2 heterocycles. The van der Waals surface area contributed by atoms with E-state index in [1.165, 1.54) is 11.8 Å². The van der Waals surface area contributed by atoms with Crippen LogP contribution < -0.4 is 14.8 Å². The first-order chi connectivity index (χ1) is 17.7. The Hall–Kier alpha value is -2.88. The summed E-state index contributed by atoms with van der Waals surface area (Å²) >= 11 is 13.7. The van der Waals surface area contributed by atoms with E-state index in [4.69, 9.17) is 37.4 Å². The first-order valence-electron chi connectivity index (χ1n) is 11.7. The Kier molecular flexibility index (Phi) is 8.56. The van der Waals surface area contributed by atoms with Gasteiger partial charge in [0.25, 0.3) is 0 Å². The van der Waals surface area contributed by atoms with Gasteiger partial charge in [0.05, 0.1) is 28.8 Å². The maximum atomic E-state index is 13.2. The molecule has 37 heavy (non-hydrogen) atoms. The van der Waals surface area contributed by atoms with Crippen molar-refractivity contribution in [3.8, 4) is 11.5 Å². The summed E-state index contributed by atoms with van der Waals surface area (Å²) in [4.78, 5) is 17.8. The van der Waals surface area contributed by atoms with E-state index in [9.17, 15) is 4.79 Å². The largest absolute Gasteiger partial charge is 0.493 e. The molecule has 0 bridgehead atoms. The van der Waals surface area contributed by atoms with Gasteiger partial charge in [0, 0.05) is 5.70 Å². The number of benzene rings is 2. The lowest BCUT2D eigenvalue weighted by molar-refractivity contribution is -0.143. The number of fused-ring (bicyclic) bond motifs is 1. The molecule has 8 nitrogen and oxygen atoms in total. The van der Waals surface area contributed by atoms with Crippen LogP contribution in [0, 0.1) is 0 Å². The zero-order chi connectivity index (χ0) is 26.7. The molecule has 0 amide bonds. The number of nitrogens with zero attached hydrogens (tertiary/aromatic N) is 3. The smallest absolute Gasteiger partial charge is 0.338 e. The highest BCUT2D eigenvalue weighted by molar-refractivity contribution is 7.99. The quantitative estimate of drug-likeness (QED) is 0.233. The van der Waals surface area contributed by atoms with Gasteiger partial charge in [0.1, 0.15) is 12.6 Å². The fraction of sp³-hybridized carbons (Fsp3) is 0.346. The Morgan fingerprint density at radius 3 is 2.62 bits per heavy atom. The maximum Gasteiger partial charge on any atom is 0.338 e.